The van der Waals surface area contributed by atoms with Crippen molar-refractivity contribution in [3.63, 3.8) is 0 Å². The zero-order valence-electron chi connectivity index (χ0n) is 16.1. The quantitative estimate of drug-likeness (QED) is 0.332. The average molecular weight is 384 g/mol. The molecule has 1 saturated heterocycles. The monoisotopic (exact) mass is 384 g/mol. The summed E-state index contributed by atoms with van der Waals surface area (Å²) in [5.41, 5.74) is 0. The van der Waals surface area contributed by atoms with Gasteiger partial charge in [-0.25, -0.2) is 0 Å². The highest BCUT2D eigenvalue weighted by atomic mass is 16.7. The zero-order valence-corrected chi connectivity index (χ0v) is 16.1. The van der Waals surface area contributed by atoms with Gasteiger partial charge in [-0.15, -0.1) is 0 Å². The molecule has 1 heterocycles. The van der Waals surface area contributed by atoms with E-state index in [1.165, 1.54) is 6.92 Å². The normalized spacial score (nSPS) is 30.8. The standard InChI is InChI=1S/C20H32O7/c1-14(22)26-17-12-18(27-20-10-6-7-11-25-20)16(13-21)15(17)8-4-2-3-5-9-19(23)24/h13,15-18,20H,2-12H2,1H3,(H,23,24). The van der Waals surface area contributed by atoms with Gasteiger partial charge in [0.05, 0.1) is 6.10 Å². The Balaban J connectivity index is 1.88. The number of unbranched alkanes of at least 4 members (excludes halogenated alkanes) is 3. The molecule has 1 aliphatic carbocycles. The number of carboxylic acid groups (broad SMARTS) is 1. The first-order valence-electron chi connectivity index (χ1n) is 10.1. The van der Waals surface area contributed by atoms with Gasteiger partial charge in [0.1, 0.15) is 12.4 Å². The first-order chi connectivity index (χ1) is 13.0. The molecular weight excluding hydrogens is 352 g/mol. The molecule has 0 spiro atoms. The van der Waals surface area contributed by atoms with E-state index in [-0.39, 0.29) is 42.7 Å². The van der Waals surface area contributed by atoms with Crippen molar-refractivity contribution in [2.45, 2.75) is 89.6 Å². The second kappa shape index (κ2) is 11.4. The Morgan fingerprint density at radius 2 is 1.93 bits per heavy atom. The van der Waals surface area contributed by atoms with Gasteiger partial charge in [-0.05, 0) is 32.1 Å². The molecule has 7 nitrogen and oxygen atoms in total. The van der Waals surface area contributed by atoms with Crippen molar-refractivity contribution in [2.75, 3.05) is 6.61 Å². The summed E-state index contributed by atoms with van der Waals surface area (Å²) in [4.78, 5) is 33.8. The number of carboxylic acids is 1. The molecular formula is C20H32O7. The second-order valence-corrected chi connectivity index (χ2v) is 7.58. The average Bonchev–Trinajstić information content (AvgIpc) is 2.94. The van der Waals surface area contributed by atoms with Crippen LogP contribution in [0, 0.1) is 11.8 Å². The highest BCUT2D eigenvalue weighted by Gasteiger charge is 2.46. The van der Waals surface area contributed by atoms with E-state index in [2.05, 4.69) is 0 Å². The van der Waals surface area contributed by atoms with Crippen LogP contribution in [0.5, 0.6) is 0 Å². The van der Waals surface area contributed by atoms with Crippen molar-refractivity contribution in [2.24, 2.45) is 11.8 Å². The molecule has 2 aliphatic rings. The predicted molar refractivity (Wildman–Crippen MR) is 97.0 cm³/mol. The molecule has 1 aliphatic heterocycles. The molecule has 1 saturated carbocycles. The molecule has 0 bridgehead atoms. The number of aliphatic carboxylic acids is 1. The van der Waals surface area contributed by atoms with E-state index in [1.807, 2.05) is 0 Å². The van der Waals surface area contributed by atoms with Crippen molar-refractivity contribution < 1.29 is 33.7 Å². The van der Waals surface area contributed by atoms with Gasteiger partial charge < -0.3 is 24.1 Å². The van der Waals surface area contributed by atoms with Crippen molar-refractivity contribution >= 4 is 18.2 Å². The molecule has 2 rings (SSSR count). The molecule has 0 aromatic heterocycles. The van der Waals surface area contributed by atoms with E-state index in [4.69, 9.17) is 19.3 Å². The maximum absolute atomic E-state index is 11.8. The fraction of sp³-hybridized carbons (Fsp3) is 0.850. The number of aldehydes is 1. The molecule has 2 fully saturated rings. The van der Waals surface area contributed by atoms with Gasteiger partial charge in [0, 0.05) is 38.2 Å². The van der Waals surface area contributed by atoms with E-state index in [9.17, 15) is 14.4 Å². The van der Waals surface area contributed by atoms with E-state index in [0.717, 1.165) is 51.2 Å². The summed E-state index contributed by atoms with van der Waals surface area (Å²) in [7, 11) is 0. The van der Waals surface area contributed by atoms with Gasteiger partial charge in [-0.2, -0.15) is 0 Å². The van der Waals surface area contributed by atoms with Crippen LogP contribution in [0.1, 0.15) is 71.1 Å². The Kier molecular flexibility index (Phi) is 9.21. The Morgan fingerprint density at radius 3 is 2.56 bits per heavy atom. The maximum atomic E-state index is 11.8. The molecule has 0 aromatic rings. The minimum atomic E-state index is -0.772. The molecule has 5 unspecified atom stereocenters. The molecule has 27 heavy (non-hydrogen) atoms. The third-order valence-electron chi connectivity index (χ3n) is 5.48. The van der Waals surface area contributed by atoms with Gasteiger partial charge in [-0.3, -0.25) is 9.59 Å². The van der Waals surface area contributed by atoms with Crippen LogP contribution in [0.4, 0.5) is 0 Å². The molecule has 154 valence electrons. The lowest BCUT2D eigenvalue weighted by Gasteiger charge is -2.28. The van der Waals surface area contributed by atoms with Crippen molar-refractivity contribution in [1.82, 2.24) is 0 Å². The molecule has 0 aromatic carbocycles. The lowest BCUT2D eigenvalue weighted by molar-refractivity contribution is -0.195. The molecule has 5 atom stereocenters. The summed E-state index contributed by atoms with van der Waals surface area (Å²) >= 11 is 0. The lowest BCUT2D eigenvalue weighted by atomic mass is 9.89. The Labute approximate surface area is 160 Å². The van der Waals surface area contributed by atoms with Crippen LogP contribution < -0.4 is 0 Å². The first kappa shape index (κ1) is 21.8. The fourth-order valence-corrected chi connectivity index (χ4v) is 4.17. The number of hydrogen-bond donors (Lipinski definition) is 1. The van der Waals surface area contributed by atoms with Gasteiger partial charge in [0.15, 0.2) is 6.29 Å². The minimum absolute atomic E-state index is 0.0561. The Bertz CT molecular complexity index is 487. The summed E-state index contributed by atoms with van der Waals surface area (Å²) in [5.74, 6) is -1.48. The minimum Gasteiger partial charge on any atom is -0.481 e. The number of hydrogen-bond acceptors (Lipinski definition) is 6. The van der Waals surface area contributed by atoms with Gasteiger partial charge >= 0.3 is 11.9 Å². The van der Waals surface area contributed by atoms with E-state index >= 15 is 0 Å². The Hall–Kier alpha value is -1.47. The highest BCUT2D eigenvalue weighted by molar-refractivity contribution is 5.67. The maximum Gasteiger partial charge on any atom is 0.303 e. The summed E-state index contributed by atoms with van der Waals surface area (Å²) in [6, 6.07) is 0. The third-order valence-corrected chi connectivity index (χ3v) is 5.48. The van der Waals surface area contributed by atoms with Crippen LogP contribution in [0.2, 0.25) is 0 Å². The summed E-state index contributed by atoms with van der Waals surface area (Å²) < 4.78 is 17.2. The van der Waals surface area contributed by atoms with Crippen LogP contribution in [0.25, 0.3) is 0 Å². The molecule has 0 amide bonds. The predicted octanol–water partition coefficient (Wildman–Crippen LogP) is 3.09. The van der Waals surface area contributed by atoms with Gasteiger partial charge in [0.25, 0.3) is 0 Å². The van der Waals surface area contributed by atoms with Crippen LogP contribution in [-0.2, 0) is 28.6 Å². The summed E-state index contributed by atoms with van der Waals surface area (Å²) in [5, 5.41) is 8.68. The SMILES string of the molecule is CC(=O)OC1CC(OC2CCCCO2)C(C=O)C1CCCCCCC(=O)O. The van der Waals surface area contributed by atoms with Crippen molar-refractivity contribution in [3.05, 3.63) is 0 Å². The second-order valence-electron chi connectivity index (χ2n) is 7.58. The van der Waals surface area contributed by atoms with E-state index in [1.54, 1.807) is 0 Å². The topological polar surface area (TPSA) is 99.1 Å². The number of esters is 1. The molecule has 7 heteroatoms. The van der Waals surface area contributed by atoms with E-state index < -0.39 is 5.97 Å². The number of rotatable bonds is 11. The van der Waals surface area contributed by atoms with Crippen molar-refractivity contribution in [3.8, 4) is 0 Å². The molecule has 0 radical (unpaired) electrons. The number of carbonyl (C=O) groups is 3. The first-order valence-corrected chi connectivity index (χ1v) is 10.1. The number of ether oxygens (including phenoxy) is 3. The zero-order chi connectivity index (χ0) is 19.6. The van der Waals surface area contributed by atoms with Crippen LogP contribution in [0.3, 0.4) is 0 Å². The third kappa shape index (κ3) is 7.22. The fourth-order valence-electron chi connectivity index (χ4n) is 4.17. The van der Waals surface area contributed by atoms with Gasteiger partial charge in [-0.1, -0.05) is 19.3 Å². The largest absolute Gasteiger partial charge is 0.481 e. The summed E-state index contributed by atoms with van der Waals surface area (Å²) in [6.45, 7) is 2.06. The van der Waals surface area contributed by atoms with E-state index in [0.29, 0.717) is 19.4 Å². The van der Waals surface area contributed by atoms with Crippen LogP contribution >= 0.6 is 0 Å². The van der Waals surface area contributed by atoms with Crippen LogP contribution in [0.15, 0.2) is 0 Å². The molecule has 1 N–H and O–H groups in total. The van der Waals surface area contributed by atoms with Gasteiger partial charge in [0.2, 0.25) is 0 Å². The lowest BCUT2D eigenvalue weighted by Crippen LogP contribution is -2.32. The van der Waals surface area contributed by atoms with Crippen molar-refractivity contribution in [1.29, 1.82) is 0 Å². The summed E-state index contributed by atoms with van der Waals surface area (Å²) in [6.07, 6.45) is 7.72. The Morgan fingerprint density at radius 1 is 1.15 bits per heavy atom. The smallest absolute Gasteiger partial charge is 0.303 e. The number of carbonyl (C=O) groups excluding carboxylic acids is 2. The van der Waals surface area contributed by atoms with Crippen LogP contribution in [-0.4, -0.2) is 48.4 Å². The highest BCUT2D eigenvalue weighted by Crippen LogP contribution is 2.39.